The molecule has 1 aromatic rings. The zero-order chi connectivity index (χ0) is 28.0. The Balaban J connectivity index is 2.17. The number of hydrogen-bond donors (Lipinski definition) is 4. The highest BCUT2D eigenvalue weighted by molar-refractivity contribution is 8.56. The van der Waals surface area contributed by atoms with Crippen LogP contribution in [0.25, 0.3) is 0 Å². The molecule has 2 heterocycles. The predicted octanol–water partition coefficient (Wildman–Crippen LogP) is 0.287. The fraction of sp³-hybridized carbons (Fsp3) is 0.714. The van der Waals surface area contributed by atoms with Gasteiger partial charge in [0.25, 0.3) is 5.56 Å². The van der Waals surface area contributed by atoms with Crippen molar-refractivity contribution in [3.63, 3.8) is 0 Å². The molecule has 0 saturated carbocycles. The van der Waals surface area contributed by atoms with Gasteiger partial charge >= 0.3 is 24.3 Å². The third-order valence-electron chi connectivity index (χ3n) is 5.20. The van der Waals surface area contributed by atoms with Gasteiger partial charge in [0, 0.05) is 18.0 Å². The molecule has 0 aliphatic carbocycles. The predicted molar refractivity (Wildman–Crippen MR) is 133 cm³/mol. The normalized spacial score (nSPS) is 26.0. The molecular weight excluding hydrogens is 533 g/mol. The summed E-state index contributed by atoms with van der Waals surface area (Å²) in [5.41, 5.74) is -3.51. The Kier molecular flexibility index (Phi) is 11.1. The second-order valence-electron chi connectivity index (χ2n) is 8.73. The van der Waals surface area contributed by atoms with Crippen molar-refractivity contribution in [2.24, 2.45) is 0 Å². The van der Waals surface area contributed by atoms with Crippen LogP contribution in [0.4, 0.5) is 0 Å². The van der Waals surface area contributed by atoms with E-state index in [1.807, 2.05) is 4.98 Å². The summed E-state index contributed by atoms with van der Waals surface area (Å²) in [5.74, 6) is -1.16. The maximum absolute atomic E-state index is 13.6. The lowest BCUT2D eigenvalue weighted by atomic mass is 9.96. The highest BCUT2D eigenvalue weighted by Gasteiger charge is 2.54. The Bertz CT molecular complexity index is 1110. The summed E-state index contributed by atoms with van der Waals surface area (Å²) in [4.78, 5) is 49.5. The average Bonchev–Trinajstić information content (AvgIpc) is 3.01. The highest BCUT2D eigenvalue weighted by Crippen LogP contribution is 2.57. The number of aliphatic hydroxyl groups excluding tert-OH is 1. The van der Waals surface area contributed by atoms with Gasteiger partial charge in [0.2, 0.25) is 0 Å². The van der Waals surface area contributed by atoms with E-state index in [0.29, 0.717) is 0 Å². The van der Waals surface area contributed by atoms with Gasteiger partial charge in [0.15, 0.2) is 6.23 Å². The molecule has 1 aliphatic rings. The molecule has 16 heteroatoms. The molecule has 0 radical (unpaired) electrons. The SMILES string of the molecule is CCOC(=O)CCSP(=O)(NC(C)C(=O)OC(C)C)OC[C@H]1O[C@@H](n2ccc(=O)[nH]c2=O)[C@](C)(O)[C@@H]1O. The molecule has 1 aromatic heterocycles. The lowest BCUT2D eigenvalue weighted by Crippen LogP contribution is -2.46. The number of aliphatic hydroxyl groups is 2. The number of carbonyl (C=O) groups excluding carboxylic acids is 2. The van der Waals surface area contributed by atoms with Crippen LogP contribution in [-0.4, -0.2) is 80.6 Å². The Morgan fingerprint density at radius 2 is 2.03 bits per heavy atom. The lowest BCUT2D eigenvalue weighted by Gasteiger charge is -2.27. The van der Waals surface area contributed by atoms with Crippen molar-refractivity contribution in [3.05, 3.63) is 33.1 Å². The summed E-state index contributed by atoms with van der Waals surface area (Å²) in [6, 6.07) is 0.000746. The molecule has 0 bridgehead atoms. The molecule has 14 nitrogen and oxygen atoms in total. The molecule has 2 unspecified atom stereocenters. The van der Waals surface area contributed by atoms with Crippen LogP contribution in [0.3, 0.4) is 0 Å². The number of carbonyl (C=O) groups is 2. The van der Waals surface area contributed by atoms with Crippen LogP contribution in [0.15, 0.2) is 21.9 Å². The van der Waals surface area contributed by atoms with Gasteiger partial charge in [-0.2, -0.15) is 0 Å². The van der Waals surface area contributed by atoms with E-state index in [2.05, 4.69) is 5.09 Å². The van der Waals surface area contributed by atoms with Crippen molar-refractivity contribution in [3.8, 4) is 0 Å². The smallest absolute Gasteiger partial charge is 0.330 e. The second-order valence-corrected chi connectivity index (χ2v) is 13.1. The van der Waals surface area contributed by atoms with Crippen LogP contribution in [0.1, 0.15) is 47.3 Å². The van der Waals surface area contributed by atoms with Crippen LogP contribution in [0.5, 0.6) is 0 Å². The molecule has 210 valence electrons. The first kappa shape index (κ1) is 31.2. The van der Waals surface area contributed by atoms with E-state index < -0.39 is 72.7 Å². The van der Waals surface area contributed by atoms with E-state index in [4.69, 9.17) is 18.7 Å². The fourth-order valence-corrected chi connectivity index (χ4v) is 7.12. The molecule has 1 aliphatic heterocycles. The van der Waals surface area contributed by atoms with Crippen molar-refractivity contribution >= 4 is 30.0 Å². The minimum absolute atomic E-state index is 0.0241. The third kappa shape index (κ3) is 8.50. The first-order valence-electron chi connectivity index (χ1n) is 11.6. The van der Waals surface area contributed by atoms with Gasteiger partial charge in [0.1, 0.15) is 23.9 Å². The summed E-state index contributed by atoms with van der Waals surface area (Å²) >= 11 is 0.747. The summed E-state index contributed by atoms with van der Waals surface area (Å²) < 4.78 is 35.7. The molecule has 2 rings (SSSR count). The number of nitrogens with one attached hydrogen (secondary N) is 2. The highest BCUT2D eigenvalue weighted by atomic mass is 32.7. The molecule has 6 atom stereocenters. The number of rotatable bonds is 13. The fourth-order valence-electron chi connectivity index (χ4n) is 3.38. The Labute approximate surface area is 217 Å². The first-order valence-corrected chi connectivity index (χ1v) is 14.8. The molecule has 1 saturated heterocycles. The Hall–Kier alpha value is -2.00. The standard InChI is InChI=1S/C21H34N3O11PS/c1-6-32-16(26)8-10-37-36(31,23-13(4)18(28)34-12(2)3)33-11-14-17(27)21(5,30)19(35-14)24-9-7-15(25)22-20(24)29/h7,9,12-14,17,19,27,30H,6,8,10-11H2,1-5H3,(H,23,31)(H,22,25,29)/t13?,14-,17-,19-,21-,36?/m1/s1. The van der Waals surface area contributed by atoms with Crippen molar-refractivity contribution in [1.82, 2.24) is 14.6 Å². The summed E-state index contributed by atoms with van der Waals surface area (Å²) in [6.07, 6.45) is -3.62. The van der Waals surface area contributed by atoms with Crippen LogP contribution >= 0.6 is 18.1 Å². The van der Waals surface area contributed by atoms with E-state index in [1.165, 1.54) is 13.8 Å². The zero-order valence-corrected chi connectivity index (χ0v) is 23.0. The van der Waals surface area contributed by atoms with Gasteiger partial charge in [-0.15, -0.1) is 0 Å². The van der Waals surface area contributed by atoms with Gasteiger partial charge in [-0.05, 0) is 34.6 Å². The van der Waals surface area contributed by atoms with Crippen LogP contribution in [0, 0.1) is 0 Å². The van der Waals surface area contributed by atoms with E-state index in [9.17, 15) is 34.0 Å². The zero-order valence-electron chi connectivity index (χ0n) is 21.2. The quantitative estimate of drug-likeness (QED) is 0.188. The van der Waals surface area contributed by atoms with E-state index in [0.717, 1.165) is 28.2 Å². The maximum atomic E-state index is 13.6. The summed E-state index contributed by atoms with van der Waals surface area (Å²) in [5, 5.41) is 24.1. The molecule has 1 fully saturated rings. The Morgan fingerprint density at radius 3 is 2.62 bits per heavy atom. The monoisotopic (exact) mass is 567 g/mol. The third-order valence-corrected chi connectivity index (χ3v) is 9.32. The Morgan fingerprint density at radius 1 is 1.35 bits per heavy atom. The van der Waals surface area contributed by atoms with E-state index in [-0.39, 0.29) is 18.8 Å². The van der Waals surface area contributed by atoms with Crippen LogP contribution < -0.4 is 16.3 Å². The van der Waals surface area contributed by atoms with Crippen molar-refractivity contribution < 1.29 is 43.1 Å². The topological polar surface area (TPSA) is 195 Å². The van der Waals surface area contributed by atoms with Crippen molar-refractivity contribution in [2.75, 3.05) is 19.0 Å². The number of H-pyrrole nitrogens is 1. The number of nitrogens with zero attached hydrogens (tertiary/aromatic N) is 1. The van der Waals surface area contributed by atoms with Gasteiger partial charge in [-0.1, -0.05) is 11.4 Å². The first-order chi connectivity index (χ1) is 17.2. The van der Waals surface area contributed by atoms with E-state index in [1.54, 1.807) is 20.8 Å². The average molecular weight is 568 g/mol. The molecule has 4 N–H and O–H groups in total. The molecular formula is C21H34N3O11PS. The minimum atomic E-state index is -3.91. The van der Waals surface area contributed by atoms with Crippen LogP contribution in [0.2, 0.25) is 0 Å². The molecule has 0 spiro atoms. The number of ether oxygens (including phenoxy) is 3. The number of aromatic amines is 1. The minimum Gasteiger partial charge on any atom is -0.466 e. The molecule has 0 aromatic carbocycles. The summed E-state index contributed by atoms with van der Waals surface area (Å²) in [7, 11) is 0. The summed E-state index contributed by atoms with van der Waals surface area (Å²) in [6.45, 7) is 3.38. The largest absolute Gasteiger partial charge is 0.466 e. The van der Waals surface area contributed by atoms with Crippen LogP contribution in [-0.2, 0) is 32.9 Å². The lowest BCUT2D eigenvalue weighted by molar-refractivity contribution is -0.149. The van der Waals surface area contributed by atoms with E-state index >= 15 is 0 Å². The van der Waals surface area contributed by atoms with Crippen molar-refractivity contribution in [1.29, 1.82) is 0 Å². The number of hydrogen-bond acceptors (Lipinski definition) is 12. The molecule has 37 heavy (non-hydrogen) atoms. The van der Waals surface area contributed by atoms with Crippen molar-refractivity contribution in [2.45, 2.75) is 77.2 Å². The van der Waals surface area contributed by atoms with Gasteiger partial charge in [-0.3, -0.25) is 28.5 Å². The molecule has 0 amide bonds. The van der Waals surface area contributed by atoms with Gasteiger partial charge in [0.05, 0.1) is 25.7 Å². The maximum Gasteiger partial charge on any atom is 0.330 e. The van der Waals surface area contributed by atoms with Gasteiger partial charge < -0.3 is 28.9 Å². The number of esters is 2. The van der Waals surface area contributed by atoms with Gasteiger partial charge in [-0.25, -0.2) is 9.88 Å². The number of aromatic nitrogens is 2. The second kappa shape index (κ2) is 13.2.